The number of halogens is 1. The zero-order chi connectivity index (χ0) is 16.8. The maximum atomic E-state index is 6.15. The fourth-order valence-corrected chi connectivity index (χ4v) is 2.53. The van der Waals surface area contributed by atoms with Crippen LogP contribution in [0.2, 0.25) is 5.02 Å². The maximum Gasteiger partial charge on any atom is 0.175 e. The van der Waals surface area contributed by atoms with Gasteiger partial charge in [0.05, 0.1) is 24.9 Å². The van der Waals surface area contributed by atoms with Crippen LogP contribution in [0.3, 0.4) is 0 Å². The van der Waals surface area contributed by atoms with E-state index in [1.807, 2.05) is 12.1 Å². The lowest BCUT2D eigenvalue weighted by Gasteiger charge is -2.15. The summed E-state index contributed by atoms with van der Waals surface area (Å²) in [5.74, 6) is 1.14. The van der Waals surface area contributed by atoms with Gasteiger partial charge in [0.15, 0.2) is 5.11 Å². The van der Waals surface area contributed by atoms with Crippen molar-refractivity contribution in [2.45, 2.75) is 13.3 Å². The number of anilines is 2. The average molecular weight is 351 g/mol. The quantitative estimate of drug-likeness (QED) is 0.763. The number of ether oxygens (including phenoxy) is 2. The molecular formula is C17H19ClN2O2S. The molecule has 0 radical (unpaired) electrons. The Balaban J connectivity index is 2.11. The van der Waals surface area contributed by atoms with E-state index in [9.17, 15) is 0 Å². The first-order valence-electron chi connectivity index (χ1n) is 7.15. The summed E-state index contributed by atoms with van der Waals surface area (Å²) in [4.78, 5) is 0. The van der Waals surface area contributed by atoms with Crippen LogP contribution in [0.5, 0.6) is 11.5 Å². The largest absolute Gasteiger partial charge is 0.495 e. The molecule has 2 aromatic rings. The van der Waals surface area contributed by atoms with Gasteiger partial charge in [-0.05, 0) is 42.4 Å². The zero-order valence-corrected chi connectivity index (χ0v) is 14.8. The molecular weight excluding hydrogens is 332 g/mol. The lowest BCUT2D eigenvalue weighted by molar-refractivity contribution is 0.396. The molecule has 0 atom stereocenters. The molecule has 0 aliphatic rings. The van der Waals surface area contributed by atoms with Gasteiger partial charge in [-0.3, -0.25) is 0 Å². The molecule has 122 valence electrons. The number of rotatable bonds is 5. The Hall–Kier alpha value is -1.98. The van der Waals surface area contributed by atoms with Crippen LogP contribution in [0.25, 0.3) is 0 Å². The van der Waals surface area contributed by atoms with Crippen molar-refractivity contribution in [3.05, 3.63) is 47.0 Å². The third-order valence-electron chi connectivity index (χ3n) is 3.34. The number of hydrogen-bond donors (Lipinski definition) is 2. The smallest absolute Gasteiger partial charge is 0.175 e. The third-order valence-corrected chi connectivity index (χ3v) is 3.84. The summed E-state index contributed by atoms with van der Waals surface area (Å²) in [6.45, 7) is 2.12. The van der Waals surface area contributed by atoms with Crippen LogP contribution in [-0.2, 0) is 6.42 Å². The van der Waals surface area contributed by atoms with Crippen LogP contribution in [0.4, 0.5) is 11.4 Å². The van der Waals surface area contributed by atoms with Crippen molar-refractivity contribution >= 4 is 40.3 Å². The van der Waals surface area contributed by atoms with E-state index in [0.717, 1.165) is 12.1 Å². The monoisotopic (exact) mass is 350 g/mol. The summed E-state index contributed by atoms with van der Waals surface area (Å²) in [7, 11) is 3.13. The first kappa shape index (κ1) is 17.4. The van der Waals surface area contributed by atoms with Crippen molar-refractivity contribution in [3.63, 3.8) is 0 Å². The van der Waals surface area contributed by atoms with Crippen molar-refractivity contribution in [1.29, 1.82) is 0 Å². The number of benzene rings is 2. The molecule has 23 heavy (non-hydrogen) atoms. The lowest BCUT2D eigenvalue weighted by atomic mass is 10.1. The van der Waals surface area contributed by atoms with E-state index in [0.29, 0.717) is 27.3 Å². The Morgan fingerprint density at radius 1 is 1.04 bits per heavy atom. The summed E-state index contributed by atoms with van der Waals surface area (Å²) >= 11 is 11.5. The predicted molar refractivity (Wildman–Crippen MR) is 100 cm³/mol. The first-order chi connectivity index (χ1) is 11.1. The fraction of sp³-hybridized carbons (Fsp3) is 0.235. The molecule has 0 aliphatic heterocycles. The standard InChI is InChI=1S/C17H19ClN2O2S/c1-4-11-5-7-12(8-6-11)19-17(23)20-14-9-13(18)15(21-2)10-16(14)22-3/h5-10H,4H2,1-3H3,(H2,19,20,23). The maximum absolute atomic E-state index is 6.15. The molecule has 2 rings (SSSR count). The number of hydrogen-bond acceptors (Lipinski definition) is 3. The molecule has 2 aromatic carbocycles. The molecule has 0 fully saturated rings. The summed E-state index contributed by atoms with van der Waals surface area (Å²) < 4.78 is 10.5. The molecule has 0 aromatic heterocycles. The van der Waals surface area contributed by atoms with Gasteiger partial charge in [-0.2, -0.15) is 0 Å². The van der Waals surface area contributed by atoms with Crippen LogP contribution >= 0.6 is 23.8 Å². The first-order valence-corrected chi connectivity index (χ1v) is 7.94. The summed E-state index contributed by atoms with van der Waals surface area (Å²) in [5, 5.41) is 7.15. The minimum Gasteiger partial charge on any atom is -0.495 e. The van der Waals surface area contributed by atoms with Crippen molar-refractivity contribution in [3.8, 4) is 11.5 Å². The second kappa shape index (κ2) is 8.04. The normalized spacial score (nSPS) is 10.1. The van der Waals surface area contributed by atoms with Crippen molar-refractivity contribution in [2.24, 2.45) is 0 Å². The molecule has 0 saturated heterocycles. The van der Waals surface area contributed by atoms with Gasteiger partial charge < -0.3 is 20.1 Å². The van der Waals surface area contributed by atoms with Gasteiger partial charge in [0.2, 0.25) is 0 Å². The molecule has 0 aliphatic carbocycles. The summed E-state index contributed by atoms with van der Waals surface area (Å²) in [6.07, 6.45) is 1.00. The molecule has 2 N–H and O–H groups in total. The Morgan fingerprint density at radius 3 is 2.26 bits per heavy atom. The van der Waals surface area contributed by atoms with E-state index < -0.39 is 0 Å². The van der Waals surface area contributed by atoms with Crippen LogP contribution in [0, 0.1) is 0 Å². The van der Waals surface area contributed by atoms with E-state index >= 15 is 0 Å². The molecule has 0 amide bonds. The molecule has 0 unspecified atom stereocenters. The number of aryl methyl sites for hydroxylation is 1. The van der Waals surface area contributed by atoms with Gasteiger partial charge in [0.25, 0.3) is 0 Å². The number of nitrogens with one attached hydrogen (secondary N) is 2. The van der Waals surface area contributed by atoms with Crippen LogP contribution in [0.1, 0.15) is 12.5 Å². The average Bonchev–Trinajstić information content (AvgIpc) is 2.55. The minimum absolute atomic E-state index is 0.453. The van der Waals surface area contributed by atoms with Crippen molar-refractivity contribution in [2.75, 3.05) is 24.9 Å². The Morgan fingerprint density at radius 2 is 1.70 bits per heavy atom. The predicted octanol–water partition coefficient (Wildman–Crippen LogP) is 4.73. The minimum atomic E-state index is 0.453. The van der Waals surface area contributed by atoms with Gasteiger partial charge >= 0.3 is 0 Å². The highest BCUT2D eigenvalue weighted by Gasteiger charge is 2.11. The molecule has 6 heteroatoms. The van der Waals surface area contributed by atoms with Crippen LogP contribution in [-0.4, -0.2) is 19.3 Å². The molecule has 0 heterocycles. The fourth-order valence-electron chi connectivity index (χ4n) is 2.07. The van der Waals surface area contributed by atoms with E-state index in [-0.39, 0.29) is 0 Å². The highest BCUT2D eigenvalue weighted by Crippen LogP contribution is 2.35. The highest BCUT2D eigenvalue weighted by molar-refractivity contribution is 7.80. The Labute approximate surface area is 146 Å². The summed E-state index contributed by atoms with van der Waals surface area (Å²) in [5.41, 5.74) is 2.86. The lowest BCUT2D eigenvalue weighted by Crippen LogP contribution is -2.19. The van der Waals surface area contributed by atoms with E-state index in [4.69, 9.17) is 33.3 Å². The van der Waals surface area contributed by atoms with E-state index in [1.165, 1.54) is 5.56 Å². The van der Waals surface area contributed by atoms with Gasteiger partial charge in [-0.1, -0.05) is 30.7 Å². The molecule has 4 nitrogen and oxygen atoms in total. The Kier molecular flexibility index (Phi) is 6.07. The van der Waals surface area contributed by atoms with Gasteiger partial charge in [0, 0.05) is 11.8 Å². The van der Waals surface area contributed by atoms with E-state index in [2.05, 4.69) is 29.7 Å². The molecule has 0 saturated carbocycles. The van der Waals surface area contributed by atoms with Gasteiger partial charge in [0.1, 0.15) is 11.5 Å². The molecule has 0 spiro atoms. The second-order valence-electron chi connectivity index (χ2n) is 4.82. The summed E-state index contributed by atoms with van der Waals surface area (Å²) in [6, 6.07) is 11.5. The van der Waals surface area contributed by atoms with Gasteiger partial charge in [-0.25, -0.2) is 0 Å². The third kappa shape index (κ3) is 4.50. The zero-order valence-electron chi connectivity index (χ0n) is 13.3. The van der Waals surface area contributed by atoms with Crippen molar-refractivity contribution < 1.29 is 9.47 Å². The SMILES string of the molecule is CCc1ccc(NC(=S)Nc2cc(Cl)c(OC)cc2OC)cc1. The highest BCUT2D eigenvalue weighted by atomic mass is 35.5. The van der Waals surface area contributed by atoms with E-state index in [1.54, 1.807) is 26.4 Å². The topological polar surface area (TPSA) is 42.5 Å². The van der Waals surface area contributed by atoms with Crippen LogP contribution in [0.15, 0.2) is 36.4 Å². The van der Waals surface area contributed by atoms with Gasteiger partial charge in [-0.15, -0.1) is 0 Å². The molecule has 0 bridgehead atoms. The van der Waals surface area contributed by atoms with Crippen LogP contribution < -0.4 is 20.1 Å². The second-order valence-corrected chi connectivity index (χ2v) is 5.63. The number of thiocarbonyl (C=S) groups is 1. The Bertz CT molecular complexity index is 690. The number of methoxy groups -OCH3 is 2. The van der Waals surface area contributed by atoms with Crippen molar-refractivity contribution in [1.82, 2.24) is 0 Å².